The first kappa shape index (κ1) is 14.3. The number of hydrogen-bond donors (Lipinski definition) is 1. The summed E-state index contributed by atoms with van der Waals surface area (Å²) in [6.07, 6.45) is 7.13. The minimum atomic E-state index is 0.486. The molecule has 0 bridgehead atoms. The SMILES string of the molecule is CC[C@H](C)Nc1ccc([C@@H]2CCCCN2CC)cn1. The molecule has 0 spiro atoms. The van der Waals surface area contributed by atoms with E-state index in [1.54, 1.807) is 0 Å². The third-order valence-corrected chi connectivity index (χ3v) is 4.20. The second-order valence-electron chi connectivity index (χ2n) is 5.57. The molecule has 2 rings (SSSR count). The maximum absolute atomic E-state index is 4.57. The summed E-state index contributed by atoms with van der Waals surface area (Å²) in [5, 5.41) is 3.42. The van der Waals surface area contributed by atoms with E-state index in [0.717, 1.165) is 18.8 Å². The molecule has 1 aliphatic rings. The van der Waals surface area contributed by atoms with Crippen LogP contribution in [0.4, 0.5) is 5.82 Å². The first-order chi connectivity index (χ1) is 9.24. The van der Waals surface area contributed by atoms with Crippen molar-refractivity contribution in [3.05, 3.63) is 23.9 Å². The maximum Gasteiger partial charge on any atom is 0.126 e. The Bertz CT molecular complexity index is 374. The summed E-state index contributed by atoms with van der Waals surface area (Å²) >= 11 is 0. The highest BCUT2D eigenvalue weighted by molar-refractivity contribution is 5.37. The largest absolute Gasteiger partial charge is 0.368 e. The molecule has 0 radical (unpaired) electrons. The van der Waals surface area contributed by atoms with Crippen LogP contribution in [0.3, 0.4) is 0 Å². The highest BCUT2D eigenvalue weighted by Crippen LogP contribution is 2.30. The van der Waals surface area contributed by atoms with Crippen molar-refractivity contribution in [1.82, 2.24) is 9.88 Å². The predicted molar refractivity (Wildman–Crippen MR) is 81.5 cm³/mol. The lowest BCUT2D eigenvalue weighted by Gasteiger charge is -2.35. The monoisotopic (exact) mass is 261 g/mol. The molecule has 1 fully saturated rings. The fraction of sp³-hybridized carbons (Fsp3) is 0.688. The smallest absolute Gasteiger partial charge is 0.126 e. The van der Waals surface area contributed by atoms with E-state index in [-0.39, 0.29) is 0 Å². The number of pyridine rings is 1. The molecule has 0 aliphatic carbocycles. The van der Waals surface area contributed by atoms with Gasteiger partial charge in [-0.25, -0.2) is 4.98 Å². The fourth-order valence-corrected chi connectivity index (χ4v) is 2.79. The van der Waals surface area contributed by atoms with Gasteiger partial charge in [0.2, 0.25) is 0 Å². The number of aromatic nitrogens is 1. The predicted octanol–water partition coefficient (Wildman–Crippen LogP) is 3.84. The van der Waals surface area contributed by atoms with Crippen LogP contribution in [0.1, 0.15) is 58.1 Å². The van der Waals surface area contributed by atoms with Gasteiger partial charge in [-0.2, -0.15) is 0 Å². The number of rotatable bonds is 5. The summed E-state index contributed by atoms with van der Waals surface area (Å²) in [5.41, 5.74) is 1.37. The minimum Gasteiger partial charge on any atom is -0.368 e. The highest BCUT2D eigenvalue weighted by Gasteiger charge is 2.22. The minimum absolute atomic E-state index is 0.486. The molecule has 1 N–H and O–H groups in total. The molecular weight excluding hydrogens is 234 g/mol. The second-order valence-corrected chi connectivity index (χ2v) is 5.57. The van der Waals surface area contributed by atoms with Crippen LogP contribution in [0.2, 0.25) is 0 Å². The van der Waals surface area contributed by atoms with E-state index in [9.17, 15) is 0 Å². The van der Waals surface area contributed by atoms with Crippen molar-refractivity contribution in [2.24, 2.45) is 0 Å². The Hall–Kier alpha value is -1.09. The van der Waals surface area contributed by atoms with Crippen LogP contribution in [0.25, 0.3) is 0 Å². The lowest BCUT2D eigenvalue weighted by molar-refractivity contribution is 0.157. The summed E-state index contributed by atoms with van der Waals surface area (Å²) in [6.45, 7) is 9.00. The van der Waals surface area contributed by atoms with E-state index in [0.29, 0.717) is 12.1 Å². The zero-order chi connectivity index (χ0) is 13.7. The summed E-state index contributed by atoms with van der Waals surface area (Å²) in [6, 6.07) is 5.43. The normalized spacial score (nSPS) is 22.2. The molecule has 0 amide bonds. The quantitative estimate of drug-likeness (QED) is 0.873. The molecule has 0 unspecified atom stereocenters. The zero-order valence-corrected chi connectivity index (χ0v) is 12.5. The Labute approximate surface area is 117 Å². The average Bonchev–Trinajstić information content (AvgIpc) is 2.48. The van der Waals surface area contributed by atoms with Crippen molar-refractivity contribution in [3.63, 3.8) is 0 Å². The van der Waals surface area contributed by atoms with Crippen LogP contribution in [-0.4, -0.2) is 29.0 Å². The number of nitrogens with one attached hydrogen (secondary N) is 1. The topological polar surface area (TPSA) is 28.2 Å². The van der Waals surface area contributed by atoms with Crippen molar-refractivity contribution in [3.8, 4) is 0 Å². The second kappa shape index (κ2) is 6.90. The van der Waals surface area contributed by atoms with E-state index >= 15 is 0 Å². The first-order valence-electron chi connectivity index (χ1n) is 7.71. The number of piperidine rings is 1. The van der Waals surface area contributed by atoms with Gasteiger partial charge in [-0.05, 0) is 50.9 Å². The van der Waals surface area contributed by atoms with Crippen molar-refractivity contribution < 1.29 is 0 Å². The van der Waals surface area contributed by atoms with Gasteiger partial charge in [0.1, 0.15) is 5.82 Å². The molecule has 2 atom stereocenters. The van der Waals surface area contributed by atoms with Gasteiger partial charge >= 0.3 is 0 Å². The molecule has 0 aromatic carbocycles. The fourth-order valence-electron chi connectivity index (χ4n) is 2.79. The molecule has 0 saturated carbocycles. The van der Waals surface area contributed by atoms with E-state index in [1.165, 1.54) is 31.4 Å². The first-order valence-corrected chi connectivity index (χ1v) is 7.71. The Morgan fingerprint density at radius 1 is 1.37 bits per heavy atom. The third kappa shape index (κ3) is 3.69. The lowest BCUT2D eigenvalue weighted by atomic mass is 9.96. The number of anilines is 1. The summed E-state index contributed by atoms with van der Waals surface area (Å²) in [4.78, 5) is 7.14. The van der Waals surface area contributed by atoms with Crippen LogP contribution in [0.5, 0.6) is 0 Å². The molecular formula is C16H27N3. The Morgan fingerprint density at radius 2 is 2.21 bits per heavy atom. The molecule has 1 saturated heterocycles. The van der Waals surface area contributed by atoms with Gasteiger partial charge in [0.15, 0.2) is 0 Å². The third-order valence-electron chi connectivity index (χ3n) is 4.20. The Kier molecular flexibility index (Phi) is 5.20. The molecule has 3 heteroatoms. The molecule has 1 aliphatic heterocycles. The molecule has 106 valence electrons. The number of hydrogen-bond acceptors (Lipinski definition) is 3. The van der Waals surface area contributed by atoms with E-state index < -0.39 is 0 Å². The zero-order valence-electron chi connectivity index (χ0n) is 12.5. The van der Waals surface area contributed by atoms with Crippen LogP contribution >= 0.6 is 0 Å². The van der Waals surface area contributed by atoms with Crippen LogP contribution in [-0.2, 0) is 0 Å². The van der Waals surface area contributed by atoms with Gasteiger partial charge in [-0.1, -0.05) is 26.3 Å². The van der Waals surface area contributed by atoms with Gasteiger partial charge in [-0.3, -0.25) is 4.90 Å². The average molecular weight is 261 g/mol. The lowest BCUT2D eigenvalue weighted by Crippen LogP contribution is -2.33. The van der Waals surface area contributed by atoms with Gasteiger partial charge in [0.05, 0.1) is 0 Å². The Balaban J connectivity index is 2.04. The summed E-state index contributed by atoms with van der Waals surface area (Å²) < 4.78 is 0. The van der Waals surface area contributed by atoms with Crippen molar-refractivity contribution in [1.29, 1.82) is 0 Å². The molecule has 1 aromatic rings. The molecule has 19 heavy (non-hydrogen) atoms. The van der Waals surface area contributed by atoms with Gasteiger partial charge in [0, 0.05) is 18.3 Å². The van der Waals surface area contributed by atoms with Crippen molar-refractivity contribution in [2.75, 3.05) is 18.4 Å². The Morgan fingerprint density at radius 3 is 2.84 bits per heavy atom. The van der Waals surface area contributed by atoms with Gasteiger partial charge in [-0.15, -0.1) is 0 Å². The summed E-state index contributed by atoms with van der Waals surface area (Å²) in [5.74, 6) is 0.997. The van der Waals surface area contributed by atoms with Crippen LogP contribution < -0.4 is 5.32 Å². The number of likely N-dealkylation sites (tertiary alicyclic amines) is 1. The standard InChI is InChI=1S/C16H27N3/c1-4-13(3)18-16-10-9-14(12-17-16)15-8-6-7-11-19(15)5-2/h9-10,12-13,15H,4-8,11H2,1-3H3,(H,17,18)/t13-,15-/m0/s1. The van der Waals surface area contributed by atoms with Crippen molar-refractivity contribution >= 4 is 5.82 Å². The summed E-state index contributed by atoms with van der Waals surface area (Å²) in [7, 11) is 0. The molecule has 3 nitrogen and oxygen atoms in total. The van der Waals surface area contributed by atoms with Gasteiger partial charge < -0.3 is 5.32 Å². The van der Waals surface area contributed by atoms with Crippen LogP contribution in [0, 0.1) is 0 Å². The van der Waals surface area contributed by atoms with E-state index in [2.05, 4.69) is 54.3 Å². The number of nitrogens with zero attached hydrogens (tertiary/aromatic N) is 2. The van der Waals surface area contributed by atoms with Crippen LogP contribution in [0.15, 0.2) is 18.3 Å². The van der Waals surface area contributed by atoms with Gasteiger partial charge in [0.25, 0.3) is 0 Å². The van der Waals surface area contributed by atoms with E-state index in [4.69, 9.17) is 0 Å². The van der Waals surface area contributed by atoms with E-state index in [1.807, 2.05) is 0 Å². The molecule has 1 aromatic heterocycles. The van der Waals surface area contributed by atoms with Crippen molar-refractivity contribution in [2.45, 2.75) is 58.5 Å². The highest BCUT2D eigenvalue weighted by atomic mass is 15.2. The molecule has 2 heterocycles. The maximum atomic E-state index is 4.57.